The molecule has 0 N–H and O–H groups in total. The fourth-order valence-corrected chi connectivity index (χ4v) is 2.56. The molecule has 0 aromatic heterocycles. The minimum atomic E-state index is 0. The van der Waals surface area contributed by atoms with Gasteiger partial charge in [-0.25, -0.2) is 0 Å². The first-order valence-corrected chi connectivity index (χ1v) is 9.43. The van der Waals surface area contributed by atoms with Crippen molar-refractivity contribution in [1.29, 1.82) is 0 Å². The number of hydrogen-bond acceptors (Lipinski definition) is 0. The summed E-state index contributed by atoms with van der Waals surface area (Å²) in [7, 11) is 0. The van der Waals surface area contributed by atoms with E-state index in [9.17, 15) is 0 Å². The molecule has 0 unspecified atom stereocenters. The van der Waals surface area contributed by atoms with Gasteiger partial charge in [0.2, 0.25) is 0 Å². The van der Waals surface area contributed by atoms with E-state index in [-0.39, 0.29) is 63.2 Å². The molecule has 1 rings (SSSR count). The van der Waals surface area contributed by atoms with Gasteiger partial charge in [0, 0.05) is 63.2 Å². The Morgan fingerprint density at radius 2 is 1.44 bits per heavy atom. The third-order valence-electron chi connectivity index (χ3n) is 1.93. The van der Waals surface area contributed by atoms with Gasteiger partial charge < -0.3 is 0 Å². The molecule has 0 amide bonds. The van der Waals surface area contributed by atoms with Crippen LogP contribution in [0.15, 0.2) is 11.6 Å². The Hall–Kier alpha value is 3.48. The van der Waals surface area contributed by atoms with Gasteiger partial charge in [0.25, 0.3) is 0 Å². The van der Waals surface area contributed by atoms with Gasteiger partial charge in [0.05, 0.1) is 0 Å². The van der Waals surface area contributed by atoms with E-state index in [1.165, 1.54) is 25.8 Å². The smallest absolute Gasteiger partial charge is 0 e. The van der Waals surface area contributed by atoms with Gasteiger partial charge >= 0.3 is 128 Å². The van der Waals surface area contributed by atoms with Crippen LogP contribution in [0.4, 0.5) is 0 Å². The third-order valence-corrected chi connectivity index (χ3v) is 8.26. The average molecular weight is 1260 g/mol. The van der Waals surface area contributed by atoms with E-state index >= 15 is 0 Å². The Balaban J connectivity index is -0.000000109. The normalized spacial score (nSPS) is 12.7. The van der Waals surface area contributed by atoms with Crippen LogP contribution in [-0.2, 0) is 121 Å². The van der Waals surface area contributed by atoms with Gasteiger partial charge in [0.1, 0.15) is 0 Å². The van der Waals surface area contributed by atoms with Gasteiger partial charge in [-0.15, -0.1) is 0 Å². The molecule has 102 valence electrons. The average Bonchev–Trinajstić information content (AvgIpc) is 2.48. The molecule has 0 atom stereocenters. The molecule has 18 heavy (non-hydrogen) atoms. The van der Waals surface area contributed by atoms with Crippen molar-refractivity contribution in [2.24, 2.45) is 11.8 Å². The predicted octanol–water partition coefficient (Wildman–Crippen LogP) is 2.27. The molecule has 0 saturated heterocycles. The van der Waals surface area contributed by atoms with Gasteiger partial charge in [-0.1, -0.05) is 0 Å². The maximum Gasteiger partial charge on any atom is 0 e. The van der Waals surface area contributed by atoms with Crippen molar-refractivity contribution in [2.75, 3.05) is 0 Å². The molecule has 6 heteroatoms. The van der Waals surface area contributed by atoms with Crippen LogP contribution in [0.5, 0.6) is 0 Å². The summed E-state index contributed by atoms with van der Waals surface area (Å²) >= 11 is 4.75. The second-order valence-electron chi connectivity index (χ2n) is 4.11. The molecule has 1 aliphatic rings. The molecule has 0 spiro atoms. The van der Waals surface area contributed by atoms with Gasteiger partial charge in [-0.2, -0.15) is 0 Å². The van der Waals surface area contributed by atoms with Gasteiger partial charge in [-0.3, -0.25) is 0 Å². The fraction of sp³-hybridized carbons (Fsp3) is 0.583. The Bertz CT molecular complexity index is 291. The Labute approximate surface area is 188 Å². The van der Waals surface area contributed by atoms with Gasteiger partial charge in [0.15, 0.2) is 0 Å². The van der Waals surface area contributed by atoms with Crippen LogP contribution in [0.3, 0.4) is 0 Å². The first-order valence-electron chi connectivity index (χ1n) is 5.03. The van der Waals surface area contributed by atoms with Crippen molar-refractivity contribution >= 4 is 12.2 Å². The largest absolute Gasteiger partial charge is 0 e. The molecule has 0 nitrogen and oxygen atoms in total. The Morgan fingerprint density at radius 1 is 1.06 bits per heavy atom. The number of rotatable bonds is 2. The molecular weight excluding hydrogens is 1250 g/mol. The van der Waals surface area contributed by atoms with E-state index < -0.39 is 0 Å². The quantitative estimate of drug-likeness (QED) is 0.373. The molecule has 0 aliphatic heterocycles. The zero-order valence-corrected chi connectivity index (χ0v) is 28.5. The van der Waals surface area contributed by atoms with E-state index in [1.54, 1.807) is 52.1 Å². The van der Waals surface area contributed by atoms with E-state index in [1.807, 2.05) is 0 Å². The zero-order chi connectivity index (χ0) is 12.0. The molecule has 0 saturated carbocycles. The van der Waals surface area contributed by atoms with E-state index in [0.29, 0.717) is 5.92 Å². The summed E-state index contributed by atoms with van der Waals surface area (Å²) in [6.45, 7) is 8.82. The van der Waals surface area contributed by atoms with Crippen molar-refractivity contribution in [2.45, 2.75) is 34.1 Å². The molecule has 0 fully saturated rings. The minimum absolute atomic E-state index is 0. The van der Waals surface area contributed by atoms with Gasteiger partial charge in [-0.05, 0) is 0 Å². The predicted molar refractivity (Wildman–Crippen MR) is 57.4 cm³/mol. The minimum Gasteiger partial charge on any atom is 0 e. The maximum atomic E-state index is 3.11. The van der Waals surface area contributed by atoms with Crippen molar-refractivity contribution in [3.63, 3.8) is 0 Å². The van der Waals surface area contributed by atoms with E-state index in [2.05, 4.69) is 38.2 Å². The standard InChI is InChI=1S/C8H10.C4H7.6W/c1-7(2)8-5-3-4-6-8;1-4(2)3;;;;;;/h5,7H,6H2,1-2H3;4H,1-2H3;;;;;;/q;-1;;;;;;. The van der Waals surface area contributed by atoms with Crippen LogP contribution < -0.4 is 0 Å². The monoisotopic (exact) mass is 1260 g/mol. The summed E-state index contributed by atoms with van der Waals surface area (Å²) < 4.78 is 6.37. The summed E-state index contributed by atoms with van der Waals surface area (Å²) in [6, 6.07) is 0. The second-order valence-corrected chi connectivity index (χ2v) is 8.31. The van der Waals surface area contributed by atoms with Crippen LogP contribution >= 0.6 is 0 Å². The van der Waals surface area contributed by atoms with Crippen LogP contribution in [-0.4, -0.2) is 12.2 Å². The number of allylic oxidation sites excluding steroid dienone is 2. The Kier molecular flexibility index (Phi) is 27.6. The molecule has 0 aromatic carbocycles. The SMILES string of the molecule is CC(C)C1=C[C](=[W])[C](=[W])C1.CC(C)[C-]=[W].[W].[W].[W]. The topological polar surface area (TPSA) is 0 Å². The molecule has 1 aliphatic carbocycles. The van der Waals surface area contributed by atoms with Crippen LogP contribution in [0, 0.1) is 11.8 Å². The molecule has 0 bridgehead atoms. The molecular formula is C12H17W6-. The van der Waals surface area contributed by atoms with Crippen molar-refractivity contribution in [3.05, 3.63) is 11.6 Å². The van der Waals surface area contributed by atoms with Crippen LogP contribution in [0.2, 0.25) is 0 Å². The second kappa shape index (κ2) is 16.8. The molecule has 0 aromatic rings. The van der Waals surface area contributed by atoms with E-state index in [4.69, 9.17) is 0 Å². The van der Waals surface area contributed by atoms with Crippen molar-refractivity contribution in [1.82, 2.24) is 0 Å². The third kappa shape index (κ3) is 14.4. The molecule has 0 heterocycles. The zero-order valence-electron chi connectivity index (χ0n) is 10.9. The summed E-state index contributed by atoms with van der Waals surface area (Å²) in [6.07, 6.45) is 3.66. The summed E-state index contributed by atoms with van der Waals surface area (Å²) in [5.74, 6) is 1.43. The first-order chi connectivity index (χ1) is 6.88. The van der Waals surface area contributed by atoms with Crippen molar-refractivity contribution in [3.8, 4) is 0 Å². The van der Waals surface area contributed by atoms with Crippen molar-refractivity contribution < 1.29 is 121 Å². The molecule has 0 radical (unpaired) electrons. The summed E-state index contributed by atoms with van der Waals surface area (Å²) in [5.41, 5.74) is 1.63. The Morgan fingerprint density at radius 3 is 1.56 bits per heavy atom. The fourth-order valence-electron chi connectivity index (χ4n) is 0.943. The maximum absolute atomic E-state index is 3.11. The number of hydrogen-bond donors (Lipinski definition) is 0. The summed E-state index contributed by atoms with van der Waals surface area (Å²) in [4.78, 5) is 0. The van der Waals surface area contributed by atoms with Crippen LogP contribution in [0.1, 0.15) is 34.1 Å². The summed E-state index contributed by atoms with van der Waals surface area (Å²) in [5, 5.41) is 0. The first kappa shape index (κ1) is 29.5. The van der Waals surface area contributed by atoms with E-state index in [0.717, 1.165) is 5.92 Å². The van der Waals surface area contributed by atoms with Crippen LogP contribution in [0.25, 0.3) is 0 Å².